The Bertz CT molecular complexity index is 384. The zero-order valence-electron chi connectivity index (χ0n) is 10.6. The number of nitrogens with zero attached hydrogens (tertiary/aromatic N) is 2. The van der Waals surface area contributed by atoms with E-state index >= 15 is 0 Å². The summed E-state index contributed by atoms with van der Waals surface area (Å²) < 4.78 is 13.6. The van der Waals surface area contributed by atoms with Gasteiger partial charge in [0.2, 0.25) is 0 Å². The van der Waals surface area contributed by atoms with Crippen molar-refractivity contribution in [1.82, 2.24) is 9.97 Å². The van der Waals surface area contributed by atoms with Gasteiger partial charge in [-0.1, -0.05) is 25.7 Å². The van der Waals surface area contributed by atoms with Crippen LogP contribution in [-0.4, -0.2) is 17.0 Å². The zero-order chi connectivity index (χ0) is 12.3. The van der Waals surface area contributed by atoms with Crippen LogP contribution in [0.1, 0.15) is 56.0 Å². The van der Waals surface area contributed by atoms with E-state index in [9.17, 15) is 4.39 Å². The molecule has 1 heterocycles. The van der Waals surface area contributed by atoms with Gasteiger partial charge in [-0.3, -0.25) is 0 Å². The zero-order valence-corrected chi connectivity index (χ0v) is 10.6. The van der Waals surface area contributed by atoms with Crippen LogP contribution in [0.2, 0.25) is 0 Å². The molecular formula is C13H20FN3. The molecule has 0 bridgehead atoms. The molecule has 0 aromatic carbocycles. The van der Waals surface area contributed by atoms with Crippen LogP contribution in [0.25, 0.3) is 0 Å². The van der Waals surface area contributed by atoms with Crippen LogP contribution in [0.5, 0.6) is 0 Å². The third-order valence-electron chi connectivity index (χ3n) is 3.49. The Hall–Kier alpha value is -1.19. The molecule has 3 nitrogen and oxygen atoms in total. The number of anilines is 1. The van der Waals surface area contributed by atoms with Crippen LogP contribution in [0.4, 0.5) is 10.2 Å². The van der Waals surface area contributed by atoms with E-state index in [-0.39, 0.29) is 5.82 Å². The molecule has 2 rings (SSSR count). The lowest BCUT2D eigenvalue weighted by atomic mass is 9.99. The number of nitrogens with one attached hydrogen (secondary N) is 1. The molecule has 94 valence electrons. The van der Waals surface area contributed by atoms with Crippen LogP contribution in [0.15, 0.2) is 0 Å². The van der Waals surface area contributed by atoms with E-state index in [4.69, 9.17) is 0 Å². The second-order valence-electron chi connectivity index (χ2n) is 4.77. The summed E-state index contributed by atoms with van der Waals surface area (Å²) >= 11 is 0. The molecule has 0 aliphatic heterocycles. The summed E-state index contributed by atoms with van der Waals surface area (Å²) in [7, 11) is 1.70. The highest BCUT2D eigenvalue weighted by atomic mass is 19.1. The lowest BCUT2D eigenvalue weighted by Gasteiger charge is -2.14. The van der Waals surface area contributed by atoms with E-state index in [1.54, 1.807) is 14.0 Å². The molecule has 1 saturated carbocycles. The summed E-state index contributed by atoms with van der Waals surface area (Å²) in [6.45, 7) is 1.71. The number of aromatic nitrogens is 2. The highest BCUT2D eigenvalue weighted by Gasteiger charge is 2.19. The van der Waals surface area contributed by atoms with Crippen LogP contribution < -0.4 is 5.32 Å². The fourth-order valence-electron chi connectivity index (χ4n) is 2.47. The highest BCUT2D eigenvalue weighted by molar-refractivity contribution is 5.37. The number of hydrogen-bond acceptors (Lipinski definition) is 3. The predicted molar refractivity (Wildman–Crippen MR) is 66.7 cm³/mol. The average Bonchev–Trinajstić information content (AvgIpc) is 2.61. The monoisotopic (exact) mass is 237 g/mol. The van der Waals surface area contributed by atoms with E-state index in [0.29, 0.717) is 17.4 Å². The molecule has 0 saturated heterocycles. The van der Waals surface area contributed by atoms with Crippen molar-refractivity contribution >= 4 is 5.82 Å². The molecule has 0 atom stereocenters. The first-order valence-electron chi connectivity index (χ1n) is 6.44. The summed E-state index contributed by atoms with van der Waals surface area (Å²) in [4.78, 5) is 8.64. The lowest BCUT2D eigenvalue weighted by Crippen LogP contribution is -2.10. The van der Waals surface area contributed by atoms with Crippen molar-refractivity contribution in [1.29, 1.82) is 0 Å². The van der Waals surface area contributed by atoms with Crippen molar-refractivity contribution in [2.45, 2.75) is 51.4 Å². The van der Waals surface area contributed by atoms with Crippen molar-refractivity contribution in [2.24, 2.45) is 0 Å². The molecule has 0 amide bonds. The smallest absolute Gasteiger partial charge is 0.186 e. The van der Waals surface area contributed by atoms with E-state index in [1.807, 2.05) is 0 Å². The number of rotatable bonds is 2. The van der Waals surface area contributed by atoms with E-state index in [2.05, 4.69) is 15.3 Å². The van der Waals surface area contributed by atoms with Gasteiger partial charge in [0.1, 0.15) is 5.82 Å². The van der Waals surface area contributed by atoms with E-state index < -0.39 is 0 Å². The Kier molecular flexibility index (Phi) is 3.92. The maximum Gasteiger partial charge on any atom is 0.186 e. The largest absolute Gasteiger partial charge is 0.371 e. The quantitative estimate of drug-likeness (QED) is 0.801. The number of aryl methyl sites for hydroxylation is 1. The molecule has 4 heteroatoms. The Morgan fingerprint density at radius 2 is 1.76 bits per heavy atom. The maximum absolute atomic E-state index is 13.6. The Balaban J connectivity index is 2.27. The van der Waals surface area contributed by atoms with Gasteiger partial charge in [0, 0.05) is 13.0 Å². The summed E-state index contributed by atoms with van der Waals surface area (Å²) in [5.41, 5.74) is 0.448. The summed E-state index contributed by atoms with van der Waals surface area (Å²) in [6, 6.07) is 0. The van der Waals surface area contributed by atoms with Crippen molar-refractivity contribution in [3.63, 3.8) is 0 Å². The van der Waals surface area contributed by atoms with Crippen molar-refractivity contribution in [3.8, 4) is 0 Å². The van der Waals surface area contributed by atoms with Gasteiger partial charge in [0.15, 0.2) is 11.6 Å². The van der Waals surface area contributed by atoms with Gasteiger partial charge in [0.05, 0.1) is 5.69 Å². The van der Waals surface area contributed by atoms with Gasteiger partial charge in [-0.2, -0.15) is 0 Å². The minimum Gasteiger partial charge on any atom is -0.371 e. The highest BCUT2D eigenvalue weighted by Crippen LogP contribution is 2.30. The van der Waals surface area contributed by atoms with Crippen LogP contribution >= 0.6 is 0 Å². The normalized spacial score (nSPS) is 17.8. The summed E-state index contributed by atoms with van der Waals surface area (Å²) in [5, 5.41) is 2.81. The lowest BCUT2D eigenvalue weighted by molar-refractivity contribution is 0.543. The van der Waals surface area contributed by atoms with Gasteiger partial charge < -0.3 is 5.32 Å². The van der Waals surface area contributed by atoms with E-state index in [0.717, 1.165) is 18.7 Å². The second kappa shape index (κ2) is 5.43. The Morgan fingerprint density at radius 3 is 2.35 bits per heavy atom. The molecule has 0 spiro atoms. The van der Waals surface area contributed by atoms with Crippen molar-refractivity contribution in [2.75, 3.05) is 12.4 Å². The summed E-state index contributed by atoms with van der Waals surface area (Å²) in [6.07, 6.45) is 7.34. The molecule has 0 unspecified atom stereocenters. The number of hydrogen-bond donors (Lipinski definition) is 1. The number of halogens is 1. The van der Waals surface area contributed by atoms with Crippen LogP contribution in [0, 0.1) is 12.7 Å². The standard InChI is InChI=1S/C13H20FN3/c1-9-11(14)13(15-2)17-12(16-9)10-7-5-3-4-6-8-10/h10H,3-8H2,1-2H3,(H,15,16,17). The van der Waals surface area contributed by atoms with Gasteiger partial charge >= 0.3 is 0 Å². The Morgan fingerprint density at radius 1 is 1.12 bits per heavy atom. The third kappa shape index (κ3) is 2.73. The molecule has 0 radical (unpaired) electrons. The fourth-order valence-corrected chi connectivity index (χ4v) is 2.47. The first-order chi connectivity index (χ1) is 8.22. The molecular weight excluding hydrogens is 217 g/mol. The molecule has 1 aromatic heterocycles. The minimum atomic E-state index is -0.329. The molecule has 1 aliphatic carbocycles. The maximum atomic E-state index is 13.6. The van der Waals surface area contributed by atoms with E-state index in [1.165, 1.54) is 25.7 Å². The third-order valence-corrected chi connectivity index (χ3v) is 3.49. The summed E-state index contributed by atoms with van der Waals surface area (Å²) in [5.74, 6) is 1.22. The fraction of sp³-hybridized carbons (Fsp3) is 0.692. The van der Waals surface area contributed by atoms with Gasteiger partial charge in [-0.05, 0) is 19.8 Å². The van der Waals surface area contributed by atoms with Crippen LogP contribution in [-0.2, 0) is 0 Å². The first-order valence-corrected chi connectivity index (χ1v) is 6.44. The van der Waals surface area contributed by atoms with Crippen molar-refractivity contribution in [3.05, 3.63) is 17.3 Å². The molecule has 17 heavy (non-hydrogen) atoms. The van der Waals surface area contributed by atoms with Crippen molar-refractivity contribution < 1.29 is 4.39 Å². The second-order valence-corrected chi connectivity index (χ2v) is 4.77. The van der Waals surface area contributed by atoms with Gasteiger partial charge in [-0.25, -0.2) is 14.4 Å². The van der Waals surface area contributed by atoms with Crippen LogP contribution in [0.3, 0.4) is 0 Å². The average molecular weight is 237 g/mol. The minimum absolute atomic E-state index is 0.329. The Labute approximate surface area is 102 Å². The van der Waals surface area contributed by atoms with Gasteiger partial charge in [0.25, 0.3) is 0 Å². The SMILES string of the molecule is CNc1nc(C2CCCCCC2)nc(C)c1F. The predicted octanol–water partition coefficient (Wildman–Crippen LogP) is 3.40. The topological polar surface area (TPSA) is 37.8 Å². The molecule has 1 aliphatic rings. The molecule has 1 aromatic rings. The first kappa shape index (κ1) is 12.3. The molecule has 1 fully saturated rings. The van der Waals surface area contributed by atoms with Gasteiger partial charge in [-0.15, -0.1) is 0 Å². The molecule has 1 N–H and O–H groups in total.